The van der Waals surface area contributed by atoms with Gasteiger partial charge in [0.1, 0.15) is 5.69 Å². The summed E-state index contributed by atoms with van der Waals surface area (Å²) in [5.74, 6) is -1.87. The highest BCUT2D eigenvalue weighted by atomic mass is 16.7. The number of aliphatic hydroxyl groups is 2. The van der Waals surface area contributed by atoms with Gasteiger partial charge in [0.05, 0.1) is 22.3 Å². The van der Waals surface area contributed by atoms with Gasteiger partial charge in [0.2, 0.25) is 5.79 Å². The molecule has 2 aliphatic rings. The van der Waals surface area contributed by atoms with Crippen LogP contribution in [0.4, 0.5) is 0 Å². The second-order valence-electron chi connectivity index (χ2n) is 7.82. The molecule has 3 aromatic rings. The van der Waals surface area contributed by atoms with Gasteiger partial charge in [-0.05, 0) is 38.8 Å². The van der Waals surface area contributed by atoms with E-state index in [1.807, 2.05) is 56.3 Å². The molecule has 0 saturated carbocycles. The highest BCUT2D eigenvalue weighted by molar-refractivity contribution is 5.81. The van der Waals surface area contributed by atoms with E-state index in [-0.39, 0.29) is 0 Å². The molecule has 0 unspecified atom stereocenters. The van der Waals surface area contributed by atoms with Crippen molar-refractivity contribution in [1.29, 1.82) is 0 Å². The van der Waals surface area contributed by atoms with Crippen LogP contribution < -0.4 is 0 Å². The summed E-state index contributed by atoms with van der Waals surface area (Å²) < 4.78 is 6.10. The molecule has 0 spiro atoms. The molecule has 0 radical (unpaired) electrons. The lowest BCUT2D eigenvalue weighted by atomic mass is 9.69. The zero-order valence-electron chi connectivity index (χ0n) is 14.7. The number of nitrogens with zero attached hydrogens (tertiary/aromatic N) is 2. The predicted molar refractivity (Wildman–Crippen MR) is 97.2 cm³/mol. The quantitative estimate of drug-likeness (QED) is 0.652. The molecule has 0 amide bonds. The Morgan fingerprint density at radius 2 is 1.54 bits per heavy atom. The first-order valence-electron chi connectivity index (χ1n) is 8.86. The van der Waals surface area contributed by atoms with Gasteiger partial charge in [0, 0.05) is 11.1 Å². The Hall–Kier alpha value is -2.34. The fourth-order valence-electron chi connectivity index (χ4n) is 4.20. The van der Waals surface area contributed by atoms with Gasteiger partial charge in [0.15, 0.2) is 5.60 Å². The predicted octanol–water partition coefficient (Wildman–Crippen LogP) is 3.23. The van der Waals surface area contributed by atoms with E-state index in [1.54, 1.807) is 6.07 Å². The average molecular weight is 348 g/mol. The van der Waals surface area contributed by atoms with Crippen molar-refractivity contribution in [3.8, 4) is 11.3 Å². The topological polar surface area (TPSA) is 75.5 Å². The molecule has 1 saturated heterocycles. The average Bonchev–Trinajstić information content (AvgIpc) is 2.63. The number of ether oxygens (including phenoxy) is 1. The minimum atomic E-state index is -1.87. The van der Waals surface area contributed by atoms with Crippen molar-refractivity contribution in [2.24, 2.45) is 0 Å². The van der Waals surface area contributed by atoms with Crippen molar-refractivity contribution in [1.82, 2.24) is 9.97 Å². The molecule has 5 rings (SSSR count). The zero-order valence-corrected chi connectivity index (χ0v) is 14.7. The molecule has 0 bridgehead atoms. The van der Waals surface area contributed by atoms with Crippen molar-refractivity contribution < 1.29 is 14.9 Å². The molecule has 132 valence electrons. The van der Waals surface area contributed by atoms with Gasteiger partial charge in [-0.15, -0.1) is 0 Å². The van der Waals surface area contributed by atoms with Crippen LogP contribution in [0.25, 0.3) is 22.3 Å². The second-order valence-corrected chi connectivity index (χ2v) is 7.82. The Kier molecular flexibility index (Phi) is 2.98. The minimum absolute atomic E-state index is 0.338. The highest BCUT2D eigenvalue weighted by Gasteiger charge is 2.63. The van der Waals surface area contributed by atoms with Crippen LogP contribution in [0.1, 0.15) is 37.9 Å². The van der Waals surface area contributed by atoms with Gasteiger partial charge < -0.3 is 14.9 Å². The number of para-hydroxylation sites is 2. The van der Waals surface area contributed by atoms with Gasteiger partial charge in [0.25, 0.3) is 0 Å². The summed E-state index contributed by atoms with van der Waals surface area (Å²) in [5.41, 5.74) is 1.50. The molecule has 5 nitrogen and oxygen atoms in total. The third-order valence-corrected chi connectivity index (χ3v) is 5.58. The molecule has 26 heavy (non-hydrogen) atoms. The normalized spacial score (nSPS) is 28.9. The molecule has 1 aliphatic carbocycles. The van der Waals surface area contributed by atoms with Crippen molar-refractivity contribution >= 4 is 11.0 Å². The number of rotatable bonds is 0. The lowest BCUT2D eigenvalue weighted by Crippen LogP contribution is -2.61. The van der Waals surface area contributed by atoms with Crippen LogP contribution in [0.2, 0.25) is 0 Å². The Labute approximate surface area is 151 Å². The van der Waals surface area contributed by atoms with Gasteiger partial charge in [-0.1, -0.05) is 36.4 Å². The number of aromatic nitrogens is 2. The Morgan fingerprint density at radius 3 is 2.31 bits per heavy atom. The standard InChI is InChI=1S/C21H20N2O3/c1-19(2)11-12-20(24)18-17(22-15-9-5-6-10-16(15)23-18)13-7-3-4-8-14(13)21(20,25)26-19/h3-10,24-25H,11-12H2,1-2H3/t20-,21+/m1/s1. The maximum atomic E-state index is 11.7. The van der Waals surface area contributed by atoms with Crippen LogP contribution in [0, 0.1) is 0 Å². The van der Waals surface area contributed by atoms with Gasteiger partial charge >= 0.3 is 0 Å². The molecule has 1 aromatic heterocycles. The number of hydrogen-bond donors (Lipinski definition) is 2. The fourth-order valence-corrected chi connectivity index (χ4v) is 4.20. The van der Waals surface area contributed by atoms with Gasteiger partial charge in [-0.3, -0.25) is 0 Å². The summed E-state index contributed by atoms with van der Waals surface area (Å²) >= 11 is 0. The number of benzene rings is 2. The van der Waals surface area contributed by atoms with Crippen molar-refractivity contribution in [3.63, 3.8) is 0 Å². The van der Waals surface area contributed by atoms with Gasteiger partial charge in [-0.2, -0.15) is 0 Å². The van der Waals surface area contributed by atoms with Crippen molar-refractivity contribution in [3.05, 3.63) is 59.8 Å². The molecule has 2 aromatic carbocycles. The summed E-state index contributed by atoms with van der Waals surface area (Å²) in [6.07, 6.45) is 0.937. The third kappa shape index (κ3) is 1.91. The first-order chi connectivity index (χ1) is 12.3. The van der Waals surface area contributed by atoms with E-state index in [2.05, 4.69) is 0 Å². The second kappa shape index (κ2) is 4.88. The Bertz CT molecular complexity index is 1050. The van der Waals surface area contributed by atoms with Gasteiger partial charge in [-0.25, -0.2) is 9.97 Å². The van der Waals surface area contributed by atoms with E-state index in [0.29, 0.717) is 35.3 Å². The molecular weight excluding hydrogens is 328 g/mol. The van der Waals surface area contributed by atoms with Crippen LogP contribution >= 0.6 is 0 Å². The minimum Gasteiger partial charge on any atom is -0.377 e. The molecule has 1 aliphatic heterocycles. The monoisotopic (exact) mass is 348 g/mol. The maximum absolute atomic E-state index is 11.7. The summed E-state index contributed by atoms with van der Waals surface area (Å²) in [5, 5.41) is 23.3. The van der Waals surface area contributed by atoms with E-state index in [1.165, 1.54) is 0 Å². The number of hydrogen-bond acceptors (Lipinski definition) is 5. The first kappa shape index (κ1) is 15.9. The lowest BCUT2D eigenvalue weighted by Gasteiger charge is -2.54. The molecule has 2 N–H and O–H groups in total. The van der Waals surface area contributed by atoms with Crippen molar-refractivity contribution in [2.75, 3.05) is 0 Å². The van der Waals surface area contributed by atoms with Crippen LogP contribution in [0.15, 0.2) is 48.5 Å². The molecule has 5 heteroatoms. The molecule has 2 atom stereocenters. The summed E-state index contributed by atoms with van der Waals surface area (Å²) in [6.45, 7) is 3.85. The molecular formula is C21H20N2O3. The highest BCUT2D eigenvalue weighted by Crippen LogP contribution is 2.57. The van der Waals surface area contributed by atoms with Crippen LogP contribution in [0.3, 0.4) is 0 Å². The van der Waals surface area contributed by atoms with E-state index in [4.69, 9.17) is 14.7 Å². The molecule has 1 fully saturated rings. The summed E-state index contributed by atoms with van der Waals surface area (Å²) in [4.78, 5) is 9.48. The van der Waals surface area contributed by atoms with E-state index in [0.717, 1.165) is 11.1 Å². The largest absolute Gasteiger partial charge is 0.377 e. The van der Waals surface area contributed by atoms with E-state index < -0.39 is 17.0 Å². The SMILES string of the molecule is CC1(C)CC[C@@]2(O)c3nc4ccccc4nc3-c3ccccc3[C@]2(O)O1. The van der Waals surface area contributed by atoms with E-state index >= 15 is 0 Å². The Balaban J connectivity index is 1.89. The number of fused-ring (bicyclic) bond motifs is 7. The summed E-state index contributed by atoms with van der Waals surface area (Å²) in [7, 11) is 0. The zero-order chi connectivity index (χ0) is 18.2. The molecule has 2 heterocycles. The fraction of sp³-hybridized carbons (Fsp3) is 0.333. The first-order valence-corrected chi connectivity index (χ1v) is 8.86. The van der Waals surface area contributed by atoms with Crippen LogP contribution in [-0.4, -0.2) is 25.8 Å². The third-order valence-electron chi connectivity index (χ3n) is 5.58. The van der Waals surface area contributed by atoms with E-state index in [9.17, 15) is 10.2 Å². The lowest BCUT2D eigenvalue weighted by molar-refractivity contribution is -0.378. The van der Waals surface area contributed by atoms with Crippen LogP contribution in [0.5, 0.6) is 0 Å². The smallest absolute Gasteiger partial charge is 0.229 e. The summed E-state index contributed by atoms with van der Waals surface area (Å²) in [6, 6.07) is 15.0. The Morgan fingerprint density at radius 1 is 0.885 bits per heavy atom. The van der Waals surface area contributed by atoms with Crippen molar-refractivity contribution in [2.45, 2.75) is 43.7 Å². The maximum Gasteiger partial charge on any atom is 0.229 e. The van der Waals surface area contributed by atoms with Crippen LogP contribution in [-0.2, 0) is 16.1 Å².